The highest BCUT2D eigenvalue weighted by molar-refractivity contribution is 5.78. The lowest BCUT2D eigenvalue weighted by atomic mass is 10.0. The first kappa shape index (κ1) is 16.2. The average Bonchev–Trinajstić information content (AvgIpc) is 2.91. The van der Waals surface area contributed by atoms with Crippen molar-refractivity contribution in [2.24, 2.45) is 0 Å². The summed E-state index contributed by atoms with van der Waals surface area (Å²) in [5.41, 5.74) is 5.06. The van der Waals surface area contributed by atoms with Gasteiger partial charge in [-0.1, -0.05) is 42.5 Å². The van der Waals surface area contributed by atoms with Gasteiger partial charge in [0.1, 0.15) is 12.2 Å². The second-order valence-electron chi connectivity index (χ2n) is 6.56. The molecule has 1 radical (unpaired) electrons. The van der Waals surface area contributed by atoms with Crippen molar-refractivity contribution >= 4 is 12.4 Å². The van der Waals surface area contributed by atoms with Crippen molar-refractivity contribution in [2.75, 3.05) is 0 Å². The predicted octanol–water partition coefficient (Wildman–Crippen LogP) is 3.55. The molecule has 0 aliphatic heterocycles. The van der Waals surface area contributed by atoms with E-state index in [1.54, 1.807) is 13.8 Å². The summed E-state index contributed by atoms with van der Waals surface area (Å²) in [7, 11) is 0. The highest BCUT2D eigenvalue weighted by Crippen LogP contribution is 2.38. The van der Waals surface area contributed by atoms with Gasteiger partial charge < -0.3 is 9.47 Å². The Hall–Kier alpha value is -2.62. The van der Waals surface area contributed by atoms with Crippen LogP contribution in [0.25, 0.3) is 11.1 Å². The summed E-state index contributed by atoms with van der Waals surface area (Å²) < 4.78 is 10.1. The van der Waals surface area contributed by atoms with Crippen LogP contribution in [-0.4, -0.2) is 18.0 Å². The molecule has 0 aromatic heterocycles. The molecule has 2 aromatic carbocycles. The molecule has 24 heavy (non-hydrogen) atoms. The van der Waals surface area contributed by atoms with Gasteiger partial charge in [0.2, 0.25) is 0 Å². The summed E-state index contributed by atoms with van der Waals surface area (Å²) in [5, 5.41) is 0. The van der Waals surface area contributed by atoms with Crippen LogP contribution in [0.15, 0.2) is 42.5 Å². The third kappa shape index (κ3) is 3.32. The number of carbonyl (C=O) groups is 1. The van der Waals surface area contributed by atoms with Gasteiger partial charge in [0.25, 0.3) is 0 Å². The zero-order valence-electron chi connectivity index (χ0n) is 13.8. The van der Waals surface area contributed by atoms with Crippen LogP contribution in [0.2, 0.25) is 0 Å². The van der Waals surface area contributed by atoms with Crippen molar-refractivity contribution in [3.05, 3.63) is 59.2 Å². The fourth-order valence-corrected chi connectivity index (χ4v) is 3.06. The Labute approximate surface area is 141 Å². The zero-order chi connectivity index (χ0) is 17.2. The molecule has 0 spiro atoms. The van der Waals surface area contributed by atoms with Crippen LogP contribution in [0.3, 0.4) is 0 Å². The van der Waals surface area contributed by atoms with E-state index in [1.807, 2.05) is 24.3 Å². The number of hydrogen-bond acceptors (Lipinski definition) is 4. The molecular weight excluding hydrogens is 304 g/mol. The van der Waals surface area contributed by atoms with Gasteiger partial charge in [-0.15, -0.1) is 0 Å². The van der Waals surface area contributed by atoms with Crippen molar-refractivity contribution in [3.63, 3.8) is 0 Å². The molecule has 4 heteroatoms. The van der Waals surface area contributed by atoms with Crippen LogP contribution < -0.4 is 0 Å². The maximum absolute atomic E-state index is 12.0. The molecule has 0 N–H and O–H groups in total. The number of hydrogen-bond donors (Lipinski definition) is 0. The Balaban J connectivity index is 1.70. The molecule has 0 saturated heterocycles. The van der Waals surface area contributed by atoms with E-state index in [1.165, 1.54) is 28.7 Å². The minimum atomic E-state index is -0.909. The molecule has 0 bridgehead atoms. The summed E-state index contributed by atoms with van der Waals surface area (Å²) in [6.45, 7) is 4.89. The third-order valence-electron chi connectivity index (χ3n) is 4.22. The second-order valence-corrected chi connectivity index (χ2v) is 6.56. The molecule has 2 aromatic rings. The van der Waals surface area contributed by atoms with Crippen LogP contribution in [0.1, 0.15) is 37.0 Å². The molecule has 0 heterocycles. The van der Waals surface area contributed by atoms with Gasteiger partial charge in [0.15, 0.2) is 0 Å². The number of rotatable bonds is 6. The van der Waals surface area contributed by atoms with Gasteiger partial charge in [-0.3, -0.25) is 4.79 Å². The SMILES string of the molecule is CC(C)(CC(=O)OCc1cccc2c1Cc1ccccc1-2)O[C]=O. The Bertz CT molecular complexity index is 777. The number of esters is 1. The van der Waals surface area contributed by atoms with E-state index in [0.717, 1.165) is 12.0 Å². The highest BCUT2D eigenvalue weighted by atomic mass is 16.6. The quantitative estimate of drug-likeness (QED) is 0.651. The normalized spacial score (nSPS) is 12.2. The van der Waals surface area contributed by atoms with Crippen molar-refractivity contribution < 1.29 is 19.1 Å². The molecule has 4 nitrogen and oxygen atoms in total. The van der Waals surface area contributed by atoms with E-state index in [0.29, 0.717) is 0 Å². The fourth-order valence-electron chi connectivity index (χ4n) is 3.06. The van der Waals surface area contributed by atoms with E-state index in [9.17, 15) is 9.59 Å². The maximum Gasteiger partial charge on any atom is 0.418 e. The van der Waals surface area contributed by atoms with Crippen LogP contribution in [0, 0.1) is 0 Å². The van der Waals surface area contributed by atoms with Crippen LogP contribution in [0.5, 0.6) is 0 Å². The van der Waals surface area contributed by atoms with Gasteiger partial charge in [-0.05, 0) is 48.1 Å². The second kappa shape index (κ2) is 6.48. The maximum atomic E-state index is 12.0. The van der Waals surface area contributed by atoms with Crippen LogP contribution in [0.4, 0.5) is 0 Å². The van der Waals surface area contributed by atoms with E-state index in [-0.39, 0.29) is 13.0 Å². The van der Waals surface area contributed by atoms with Crippen molar-refractivity contribution in [1.82, 2.24) is 0 Å². The first-order valence-corrected chi connectivity index (χ1v) is 7.90. The minimum absolute atomic E-state index is 0.00249. The topological polar surface area (TPSA) is 52.6 Å². The van der Waals surface area contributed by atoms with Gasteiger partial charge in [0, 0.05) is 0 Å². The summed E-state index contributed by atoms with van der Waals surface area (Å²) in [6.07, 6.45) is 0.853. The van der Waals surface area contributed by atoms with E-state index in [4.69, 9.17) is 9.47 Å². The van der Waals surface area contributed by atoms with Crippen molar-refractivity contribution in [2.45, 2.75) is 38.9 Å². The van der Waals surface area contributed by atoms with E-state index < -0.39 is 11.6 Å². The largest absolute Gasteiger partial charge is 0.461 e. The molecule has 0 unspecified atom stereocenters. The molecule has 0 fully saturated rings. The molecule has 0 atom stereocenters. The van der Waals surface area contributed by atoms with Gasteiger partial charge in [-0.25, -0.2) is 4.79 Å². The predicted molar refractivity (Wildman–Crippen MR) is 90.0 cm³/mol. The fraction of sp³-hybridized carbons (Fsp3) is 0.300. The van der Waals surface area contributed by atoms with Crippen LogP contribution in [-0.2, 0) is 32.1 Å². The summed E-state index contributed by atoms with van der Waals surface area (Å²) in [4.78, 5) is 22.3. The number of ether oxygens (including phenoxy) is 2. The number of fused-ring (bicyclic) bond motifs is 3. The third-order valence-corrected chi connectivity index (χ3v) is 4.22. The molecule has 0 amide bonds. The Morgan fingerprint density at radius 2 is 1.88 bits per heavy atom. The zero-order valence-corrected chi connectivity index (χ0v) is 13.8. The molecule has 1 aliphatic carbocycles. The Morgan fingerprint density at radius 3 is 2.67 bits per heavy atom. The number of carbonyl (C=O) groups excluding carboxylic acids is 2. The van der Waals surface area contributed by atoms with Gasteiger partial charge >= 0.3 is 12.4 Å². The lowest BCUT2D eigenvalue weighted by molar-refractivity contribution is -0.148. The Morgan fingerprint density at radius 1 is 1.12 bits per heavy atom. The minimum Gasteiger partial charge on any atom is -0.461 e. The standard InChI is InChI=1S/C20H19O4/c1-20(2,24-13-21)11-19(22)23-12-15-7-5-9-17-16-8-4-3-6-14(16)10-18(15)17/h3-9H,10-12H2,1-2H3. The lowest BCUT2D eigenvalue weighted by Gasteiger charge is -2.20. The summed E-state index contributed by atoms with van der Waals surface area (Å²) in [6, 6.07) is 14.4. The molecular formula is C20H19O4. The first-order chi connectivity index (χ1) is 11.5. The molecule has 3 rings (SSSR count). The highest BCUT2D eigenvalue weighted by Gasteiger charge is 2.25. The molecule has 0 saturated carbocycles. The van der Waals surface area contributed by atoms with Crippen molar-refractivity contribution in [1.29, 1.82) is 0 Å². The van der Waals surface area contributed by atoms with Gasteiger partial charge in [0.05, 0.1) is 6.42 Å². The monoisotopic (exact) mass is 323 g/mol. The molecule has 1 aliphatic rings. The number of benzene rings is 2. The average molecular weight is 323 g/mol. The first-order valence-electron chi connectivity index (χ1n) is 7.90. The summed E-state index contributed by atoms with van der Waals surface area (Å²) >= 11 is 0. The smallest absolute Gasteiger partial charge is 0.418 e. The van der Waals surface area contributed by atoms with E-state index >= 15 is 0 Å². The lowest BCUT2D eigenvalue weighted by Crippen LogP contribution is -2.28. The summed E-state index contributed by atoms with van der Waals surface area (Å²) in [5.74, 6) is -0.400. The molecule has 123 valence electrons. The Kier molecular flexibility index (Phi) is 4.38. The van der Waals surface area contributed by atoms with Crippen molar-refractivity contribution in [3.8, 4) is 11.1 Å². The van der Waals surface area contributed by atoms with E-state index in [2.05, 4.69) is 18.2 Å². The van der Waals surface area contributed by atoms with Crippen LogP contribution >= 0.6 is 0 Å². The van der Waals surface area contributed by atoms with Gasteiger partial charge in [-0.2, -0.15) is 0 Å².